The summed E-state index contributed by atoms with van der Waals surface area (Å²) >= 11 is 0. The Balaban J connectivity index is 1.76. The SMILES string of the molecule is O=c1ccc2c(Nc3ccc4c(c3)CCC4)ccnc2[nH]1. The van der Waals surface area contributed by atoms with E-state index in [0.29, 0.717) is 5.65 Å². The number of pyridine rings is 2. The van der Waals surface area contributed by atoms with Crippen LogP contribution in [0.2, 0.25) is 0 Å². The lowest BCUT2D eigenvalue weighted by atomic mass is 10.1. The summed E-state index contributed by atoms with van der Waals surface area (Å²) in [5.74, 6) is 0. The number of aromatic amines is 1. The van der Waals surface area contributed by atoms with E-state index in [0.717, 1.165) is 23.2 Å². The molecular formula is C17H15N3O. The first kappa shape index (κ1) is 12.1. The highest BCUT2D eigenvalue weighted by atomic mass is 16.1. The Morgan fingerprint density at radius 2 is 1.95 bits per heavy atom. The van der Waals surface area contributed by atoms with Gasteiger partial charge >= 0.3 is 0 Å². The quantitative estimate of drug-likeness (QED) is 0.756. The average Bonchev–Trinajstić information content (AvgIpc) is 2.95. The second-order valence-corrected chi connectivity index (χ2v) is 5.41. The molecule has 21 heavy (non-hydrogen) atoms. The molecule has 0 fully saturated rings. The fraction of sp³-hybridized carbons (Fsp3) is 0.176. The fourth-order valence-electron chi connectivity index (χ4n) is 2.97. The van der Waals surface area contributed by atoms with E-state index in [1.165, 1.54) is 30.0 Å². The zero-order valence-corrected chi connectivity index (χ0v) is 11.5. The van der Waals surface area contributed by atoms with Crippen molar-refractivity contribution < 1.29 is 0 Å². The summed E-state index contributed by atoms with van der Waals surface area (Å²) in [7, 11) is 0. The van der Waals surface area contributed by atoms with Gasteiger partial charge in [0.25, 0.3) is 0 Å². The molecule has 0 saturated carbocycles. The highest BCUT2D eigenvalue weighted by molar-refractivity contribution is 5.90. The van der Waals surface area contributed by atoms with E-state index < -0.39 is 0 Å². The van der Waals surface area contributed by atoms with Gasteiger partial charge in [-0.25, -0.2) is 4.98 Å². The van der Waals surface area contributed by atoms with E-state index in [1.54, 1.807) is 12.3 Å². The van der Waals surface area contributed by atoms with Crippen molar-refractivity contribution in [3.63, 3.8) is 0 Å². The third-order valence-corrected chi connectivity index (χ3v) is 4.01. The van der Waals surface area contributed by atoms with E-state index in [-0.39, 0.29) is 5.56 Å². The van der Waals surface area contributed by atoms with Crippen molar-refractivity contribution >= 4 is 22.4 Å². The number of rotatable bonds is 2. The minimum absolute atomic E-state index is 0.135. The second-order valence-electron chi connectivity index (χ2n) is 5.41. The minimum atomic E-state index is -0.135. The molecule has 1 aliphatic rings. The van der Waals surface area contributed by atoms with Gasteiger partial charge in [0.1, 0.15) is 5.65 Å². The van der Waals surface area contributed by atoms with E-state index in [2.05, 4.69) is 33.5 Å². The van der Waals surface area contributed by atoms with Crippen LogP contribution in [0.25, 0.3) is 11.0 Å². The largest absolute Gasteiger partial charge is 0.355 e. The first-order valence-electron chi connectivity index (χ1n) is 7.16. The van der Waals surface area contributed by atoms with Crippen LogP contribution >= 0.6 is 0 Å². The Bertz CT molecular complexity index is 883. The molecule has 1 aromatic carbocycles. The molecule has 4 nitrogen and oxygen atoms in total. The lowest BCUT2D eigenvalue weighted by molar-refractivity contribution is 0.912. The fourth-order valence-corrected chi connectivity index (χ4v) is 2.97. The van der Waals surface area contributed by atoms with Crippen molar-refractivity contribution in [2.45, 2.75) is 19.3 Å². The van der Waals surface area contributed by atoms with Gasteiger partial charge in [-0.3, -0.25) is 4.79 Å². The summed E-state index contributed by atoms with van der Waals surface area (Å²) in [5.41, 5.74) is 5.40. The number of aryl methyl sites for hydroxylation is 2. The Morgan fingerprint density at radius 3 is 2.90 bits per heavy atom. The van der Waals surface area contributed by atoms with E-state index in [4.69, 9.17) is 0 Å². The van der Waals surface area contributed by atoms with Crippen LogP contribution in [0, 0.1) is 0 Å². The van der Waals surface area contributed by atoms with Crippen LogP contribution in [-0.2, 0) is 12.8 Å². The molecule has 2 N–H and O–H groups in total. The molecule has 0 saturated heterocycles. The third kappa shape index (κ3) is 2.18. The van der Waals surface area contributed by atoms with E-state index in [9.17, 15) is 4.79 Å². The van der Waals surface area contributed by atoms with Crippen LogP contribution in [0.5, 0.6) is 0 Å². The standard InChI is InChI=1S/C17H15N3O/c21-16-7-6-14-15(8-9-18-17(14)20-16)19-13-5-4-11-2-1-3-12(11)10-13/h4-10H,1-3H2,(H2,18,19,20,21). The molecule has 3 aromatic rings. The maximum Gasteiger partial charge on any atom is 0.249 e. The molecule has 0 aliphatic heterocycles. The van der Waals surface area contributed by atoms with Gasteiger partial charge in [-0.1, -0.05) is 6.07 Å². The smallest absolute Gasteiger partial charge is 0.249 e. The van der Waals surface area contributed by atoms with Gasteiger partial charge in [-0.2, -0.15) is 0 Å². The topological polar surface area (TPSA) is 57.8 Å². The lowest BCUT2D eigenvalue weighted by Crippen LogP contribution is -2.04. The van der Waals surface area contributed by atoms with Gasteiger partial charge in [0, 0.05) is 23.3 Å². The molecule has 1 aliphatic carbocycles. The van der Waals surface area contributed by atoms with Crippen LogP contribution in [0.4, 0.5) is 11.4 Å². The second kappa shape index (κ2) is 4.74. The van der Waals surface area contributed by atoms with E-state index >= 15 is 0 Å². The van der Waals surface area contributed by atoms with Gasteiger partial charge in [0.2, 0.25) is 5.56 Å². The van der Waals surface area contributed by atoms with Gasteiger partial charge in [0.15, 0.2) is 0 Å². The maximum absolute atomic E-state index is 11.4. The highest BCUT2D eigenvalue weighted by Gasteiger charge is 2.11. The van der Waals surface area contributed by atoms with E-state index in [1.807, 2.05) is 6.07 Å². The number of H-pyrrole nitrogens is 1. The van der Waals surface area contributed by atoms with Gasteiger partial charge < -0.3 is 10.3 Å². The summed E-state index contributed by atoms with van der Waals surface area (Å²) in [4.78, 5) is 18.3. The summed E-state index contributed by atoms with van der Waals surface area (Å²) < 4.78 is 0. The third-order valence-electron chi connectivity index (χ3n) is 4.01. The minimum Gasteiger partial charge on any atom is -0.355 e. The molecule has 4 rings (SSSR count). The molecule has 4 heteroatoms. The first-order chi connectivity index (χ1) is 10.3. The van der Waals surface area contributed by atoms with Gasteiger partial charge in [-0.05, 0) is 54.7 Å². The number of aromatic nitrogens is 2. The highest BCUT2D eigenvalue weighted by Crippen LogP contribution is 2.28. The van der Waals surface area contributed by atoms with Gasteiger partial charge in [-0.15, -0.1) is 0 Å². The van der Waals surface area contributed by atoms with Crippen molar-refractivity contribution in [2.24, 2.45) is 0 Å². The molecule has 2 heterocycles. The Morgan fingerprint density at radius 1 is 1.05 bits per heavy atom. The zero-order chi connectivity index (χ0) is 14.2. The van der Waals surface area contributed by atoms with Crippen molar-refractivity contribution in [1.29, 1.82) is 0 Å². The lowest BCUT2D eigenvalue weighted by Gasteiger charge is -2.10. The molecule has 2 aromatic heterocycles. The number of nitrogens with zero attached hydrogens (tertiary/aromatic N) is 1. The Labute approximate surface area is 121 Å². The zero-order valence-electron chi connectivity index (χ0n) is 11.5. The number of benzene rings is 1. The first-order valence-corrected chi connectivity index (χ1v) is 7.16. The van der Waals surface area contributed by atoms with Crippen LogP contribution in [0.15, 0.2) is 47.4 Å². The summed E-state index contributed by atoms with van der Waals surface area (Å²) in [6.45, 7) is 0. The van der Waals surface area contributed by atoms with Crippen molar-refractivity contribution in [3.8, 4) is 0 Å². The molecule has 0 spiro atoms. The number of hydrogen-bond donors (Lipinski definition) is 2. The maximum atomic E-state index is 11.4. The monoisotopic (exact) mass is 277 g/mol. The van der Waals surface area contributed by atoms with Crippen molar-refractivity contribution in [3.05, 3.63) is 64.1 Å². The molecule has 104 valence electrons. The Kier molecular flexibility index (Phi) is 2.74. The van der Waals surface area contributed by atoms with Crippen molar-refractivity contribution in [2.75, 3.05) is 5.32 Å². The van der Waals surface area contributed by atoms with Crippen LogP contribution in [0.3, 0.4) is 0 Å². The normalized spacial score (nSPS) is 13.3. The summed E-state index contributed by atoms with van der Waals surface area (Å²) in [6, 6.07) is 11.8. The Hall–Kier alpha value is -2.62. The van der Waals surface area contributed by atoms with Crippen LogP contribution in [-0.4, -0.2) is 9.97 Å². The average molecular weight is 277 g/mol. The number of fused-ring (bicyclic) bond motifs is 2. The predicted molar refractivity (Wildman–Crippen MR) is 84.1 cm³/mol. The van der Waals surface area contributed by atoms with Crippen molar-refractivity contribution in [1.82, 2.24) is 9.97 Å². The number of nitrogens with one attached hydrogen (secondary N) is 2. The molecule has 0 radical (unpaired) electrons. The van der Waals surface area contributed by atoms with Gasteiger partial charge in [0.05, 0.1) is 5.69 Å². The summed E-state index contributed by atoms with van der Waals surface area (Å²) in [5, 5.41) is 4.35. The molecule has 0 unspecified atom stereocenters. The molecule has 0 bridgehead atoms. The van der Waals surface area contributed by atoms with Crippen LogP contribution in [0.1, 0.15) is 17.5 Å². The molecule has 0 atom stereocenters. The molecule has 0 amide bonds. The summed E-state index contributed by atoms with van der Waals surface area (Å²) in [6.07, 6.45) is 5.30. The number of anilines is 2. The molecular weight excluding hydrogens is 262 g/mol. The van der Waals surface area contributed by atoms with Crippen LogP contribution < -0.4 is 10.9 Å². The number of hydrogen-bond acceptors (Lipinski definition) is 3. The predicted octanol–water partition coefficient (Wildman–Crippen LogP) is 3.16.